The zero-order chi connectivity index (χ0) is 14.5. The molecular weight excluding hydrogens is 252 g/mol. The van der Waals surface area contributed by atoms with E-state index in [1.165, 1.54) is 18.0 Å². The van der Waals surface area contributed by atoms with Crippen molar-refractivity contribution >= 4 is 5.84 Å². The number of amidine groups is 1. The molecule has 5 nitrogen and oxygen atoms in total. The van der Waals surface area contributed by atoms with Crippen LogP contribution in [0.25, 0.3) is 0 Å². The van der Waals surface area contributed by atoms with Crippen molar-refractivity contribution in [3.05, 3.63) is 47.9 Å². The minimum Gasteiger partial charge on any atom is -0.437 e. The summed E-state index contributed by atoms with van der Waals surface area (Å²) >= 11 is 0. The molecule has 0 aliphatic heterocycles. The maximum Gasteiger partial charge on any atom is 0.249 e. The molecule has 0 radical (unpaired) electrons. The van der Waals surface area contributed by atoms with Crippen molar-refractivity contribution in [2.75, 3.05) is 0 Å². The summed E-state index contributed by atoms with van der Waals surface area (Å²) in [7, 11) is 0. The molecule has 0 spiro atoms. The summed E-state index contributed by atoms with van der Waals surface area (Å²) in [6.45, 7) is 4.35. The lowest BCUT2D eigenvalue weighted by atomic mass is 9.99. The van der Waals surface area contributed by atoms with E-state index in [4.69, 9.17) is 15.9 Å². The number of nitrogens with two attached hydrogens (primary N) is 1. The van der Waals surface area contributed by atoms with Crippen LogP contribution < -0.4 is 10.5 Å². The van der Waals surface area contributed by atoms with E-state index in [1.807, 2.05) is 24.3 Å². The average molecular weight is 270 g/mol. The van der Waals surface area contributed by atoms with E-state index in [1.54, 1.807) is 0 Å². The van der Waals surface area contributed by atoms with Crippen LogP contribution in [0.1, 0.15) is 37.4 Å². The molecule has 1 aromatic heterocycles. The van der Waals surface area contributed by atoms with Gasteiger partial charge in [-0.2, -0.15) is 0 Å². The van der Waals surface area contributed by atoms with Crippen LogP contribution in [0.15, 0.2) is 36.7 Å². The van der Waals surface area contributed by atoms with Crippen molar-refractivity contribution in [2.45, 2.75) is 26.2 Å². The molecule has 0 aliphatic rings. The number of nitrogens with one attached hydrogen (secondary N) is 1. The number of rotatable bonds is 5. The van der Waals surface area contributed by atoms with Crippen LogP contribution in [-0.2, 0) is 0 Å². The van der Waals surface area contributed by atoms with Crippen molar-refractivity contribution in [3.8, 4) is 11.6 Å². The van der Waals surface area contributed by atoms with Crippen molar-refractivity contribution < 1.29 is 4.74 Å². The van der Waals surface area contributed by atoms with Crippen LogP contribution in [0.3, 0.4) is 0 Å². The van der Waals surface area contributed by atoms with Gasteiger partial charge < -0.3 is 10.5 Å². The fourth-order valence-electron chi connectivity index (χ4n) is 1.80. The first-order valence-electron chi connectivity index (χ1n) is 6.55. The van der Waals surface area contributed by atoms with E-state index in [-0.39, 0.29) is 17.4 Å². The molecule has 104 valence electrons. The standard InChI is InChI=1S/C15H18N4O/c1-3-10(2)11-4-6-12(7-5-11)20-15-13(14(16)17)18-8-9-19-15/h4-10H,3H2,1-2H3,(H3,16,17). The molecule has 2 aromatic rings. The van der Waals surface area contributed by atoms with E-state index in [9.17, 15) is 0 Å². The van der Waals surface area contributed by atoms with E-state index < -0.39 is 0 Å². The molecule has 3 N–H and O–H groups in total. The van der Waals surface area contributed by atoms with Gasteiger partial charge >= 0.3 is 0 Å². The van der Waals surface area contributed by atoms with Gasteiger partial charge in [0.15, 0.2) is 5.69 Å². The number of nitrogens with zero attached hydrogens (tertiary/aromatic N) is 2. The molecular formula is C15H18N4O. The molecule has 0 fully saturated rings. The Labute approximate surface area is 118 Å². The van der Waals surface area contributed by atoms with E-state index >= 15 is 0 Å². The van der Waals surface area contributed by atoms with E-state index in [0.29, 0.717) is 11.7 Å². The van der Waals surface area contributed by atoms with Gasteiger partial charge in [-0.3, -0.25) is 5.41 Å². The highest BCUT2D eigenvalue weighted by Crippen LogP contribution is 2.25. The highest BCUT2D eigenvalue weighted by atomic mass is 16.5. The Morgan fingerprint density at radius 3 is 2.50 bits per heavy atom. The molecule has 1 aromatic carbocycles. The summed E-state index contributed by atoms with van der Waals surface area (Å²) in [5.41, 5.74) is 6.97. The van der Waals surface area contributed by atoms with Gasteiger partial charge in [0.25, 0.3) is 0 Å². The summed E-state index contributed by atoms with van der Waals surface area (Å²) in [6, 6.07) is 7.85. The number of benzene rings is 1. The second kappa shape index (κ2) is 6.14. The average Bonchev–Trinajstić information content (AvgIpc) is 2.47. The molecule has 0 aliphatic carbocycles. The number of hydrogen-bond donors (Lipinski definition) is 2. The van der Waals surface area contributed by atoms with Gasteiger partial charge in [0.2, 0.25) is 5.88 Å². The Hall–Kier alpha value is -2.43. The van der Waals surface area contributed by atoms with Gasteiger partial charge in [0.05, 0.1) is 0 Å². The lowest BCUT2D eigenvalue weighted by Crippen LogP contribution is -2.15. The molecule has 0 saturated carbocycles. The summed E-state index contributed by atoms with van der Waals surface area (Å²) in [4.78, 5) is 8.06. The van der Waals surface area contributed by atoms with Crippen LogP contribution in [-0.4, -0.2) is 15.8 Å². The number of aromatic nitrogens is 2. The molecule has 20 heavy (non-hydrogen) atoms. The third-order valence-corrected chi connectivity index (χ3v) is 3.20. The number of nitrogen functional groups attached to an aromatic ring is 1. The molecule has 1 unspecified atom stereocenters. The fraction of sp³-hybridized carbons (Fsp3) is 0.267. The fourth-order valence-corrected chi connectivity index (χ4v) is 1.80. The van der Waals surface area contributed by atoms with Crippen LogP contribution in [0.5, 0.6) is 11.6 Å². The monoisotopic (exact) mass is 270 g/mol. The summed E-state index contributed by atoms with van der Waals surface area (Å²) < 4.78 is 5.64. The Morgan fingerprint density at radius 1 is 1.25 bits per heavy atom. The highest BCUT2D eigenvalue weighted by molar-refractivity contribution is 5.95. The molecule has 0 bridgehead atoms. The van der Waals surface area contributed by atoms with Crippen molar-refractivity contribution in [2.24, 2.45) is 5.73 Å². The van der Waals surface area contributed by atoms with Gasteiger partial charge in [-0.25, -0.2) is 9.97 Å². The second-order valence-corrected chi connectivity index (χ2v) is 4.60. The second-order valence-electron chi connectivity index (χ2n) is 4.60. The third-order valence-electron chi connectivity index (χ3n) is 3.20. The largest absolute Gasteiger partial charge is 0.437 e. The Morgan fingerprint density at radius 2 is 1.90 bits per heavy atom. The molecule has 1 heterocycles. The van der Waals surface area contributed by atoms with Gasteiger partial charge in [0.1, 0.15) is 11.6 Å². The zero-order valence-corrected chi connectivity index (χ0v) is 11.6. The number of ether oxygens (including phenoxy) is 1. The van der Waals surface area contributed by atoms with Gasteiger partial charge in [0, 0.05) is 12.4 Å². The van der Waals surface area contributed by atoms with Gasteiger partial charge in [-0.15, -0.1) is 0 Å². The van der Waals surface area contributed by atoms with Gasteiger partial charge in [-0.05, 0) is 30.0 Å². The Balaban J connectivity index is 2.20. The quantitative estimate of drug-likeness (QED) is 0.646. The Bertz CT molecular complexity index is 595. The topological polar surface area (TPSA) is 84.9 Å². The first kappa shape index (κ1) is 14.0. The molecule has 5 heteroatoms. The first-order chi connectivity index (χ1) is 9.61. The highest BCUT2D eigenvalue weighted by Gasteiger charge is 2.10. The summed E-state index contributed by atoms with van der Waals surface area (Å²) in [5, 5.41) is 7.45. The molecule has 0 amide bonds. The maximum absolute atomic E-state index is 7.45. The summed E-state index contributed by atoms with van der Waals surface area (Å²) in [6.07, 6.45) is 4.09. The van der Waals surface area contributed by atoms with Crippen molar-refractivity contribution in [1.29, 1.82) is 5.41 Å². The molecule has 2 rings (SSSR count). The van der Waals surface area contributed by atoms with Crippen LogP contribution in [0.2, 0.25) is 0 Å². The normalized spacial score (nSPS) is 11.9. The molecule has 1 atom stereocenters. The Kier molecular flexibility index (Phi) is 4.30. The predicted molar refractivity (Wildman–Crippen MR) is 78.3 cm³/mol. The third kappa shape index (κ3) is 3.12. The van der Waals surface area contributed by atoms with E-state index in [2.05, 4.69) is 23.8 Å². The smallest absolute Gasteiger partial charge is 0.249 e. The minimum atomic E-state index is -0.163. The van der Waals surface area contributed by atoms with Crippen LogP contribution in [0, 0.1) is 5.41 Å². The van der Waals surface area contributed by atoms with Gasteiger partial charge in [-0.1, -0.05) is 26.0 Å². The SMILES string of the molecule is CCC(C)c1ccc(Oc2nccnc2C(=N)N)cc1. The van der Waals surface area contributed by atoms with Crippen molar-refractivity contribution in [1.82, 2.24) is 9.97 Å². The maximum atomic E-state index is 7.45. The summed E-state index contributed by atoms with van der Waals surface area (Å²) in [5.74, 6) is 1.26. The van der Waals surface area contributed by atoms with Crippen LogP contribution >= 0.6 is 0 Å². The first-order valence-corrected chi connectivity index (χ1v) is 6.55. The lowest BCUT2D eigenvalue weighted by molar-refractivity contribution is 0.458. The minimum absolute atomic E-state index is 0.163. The predicted octanol–water partition coefficient (Wildman–Crippen LogP) is 3.07. The van der Waals surface area contributed by atoms with Crippen molar-refractivity contribution in [3.63, 3.8) is 0 Å². The lowest BCUT2D eigenvalue weighted by Gasteiger charge is -2.11. The molecule has 0 saturated heterocycles. The number of hydrogen-bond acceptors (Lipinski definition) is 4. The van der Waals surface area contributed by atoms with Crippen LogP contribution in [0.4, 0.5) is 0 Å². The van der Waals surface area contributed by atoms with E-state index in [0.717, 1.165) is 6.42 Å². The zero-order valence-electron chi connectivity index (χ0n) is 11.6.